The molecule has 0 saturated carbocycles. The number of anilines is 1. The number of benzene rings is 1. The molecule has 0 saturated heterocycles. The summed E-state index contributed by atoms with van der Waals surface area (Å²) in [6.07, 6.45) is 2.02. The van der Waals surface area contributed by atoms with Crippen molar-refractivity contribution in [2.24, 2.45) is 0 Å². The molecule has 6 nitrogen and oxygen atoms in total. The Morgan fingerprint density at radius 3 is 2.70 bits per heavy atom. The topological polar surface area (TPSA) is 81.2 Å². The molecule has 3 aromatic rings. The number of thiazole rings is 1. The lowest BCUT2D eigenvalue weighted by atomic mass is 10.1. The van der Waals surface area contributed by atoms with E-state index in [-0.39, 0.29) is 18.9 Å². The standard InChI is InChI=1S/C18H15ClF3N3O3S2/c19-16-5-4-13(9-23-16)17-24-15(11-29-17)10-28-7-6-12-2-1-3-14(8-12)25-30(26,27)18(20,21)22/h1-5,8-9,11,25H,6-7,10H2. The van der Waals surface area contributed by atoms with E-state index in [0.717, 1.165) is 16.3 Å². The molecule has 0 fully saturated rings. The number of ether oxygens (including phenoxy) is 1. The highest BCUT2D eigenvalue weighted by Crippen LogP contribution is 2.26. The fourth-order valence-corrected chi connectivity index (χ4v) is 3.84. The summed E-state index contributed by atoms with van der Waals surface area (Å²) in [5.74, 6) is 0. The number of halogens is 4. The van der Waals surface area contributed by atoms with Crippen molar-refractivity contribution in [3.8, 4) is 10.6 Å². The van der Waals surface area contributed by atoms with E-state index in [0.29, 0.717) is 17.1 Å². The highest BCUT2D eigenvalue weighted by atomic mass is 35.5. The maximum absolute atomic E-state index is 12.5. The third-order valence-electron chi connectivity index (χ3n) is 3.80. The number of sulfonamides is 1. The predicted octanol–water partition coefficient (Wildman–Crippen LogP) is 4.88. The maximum atomic E-state index is 12.5. The average Bonchev–Trinajstić information content (AvgIpc) is 3.14. The molecule has 0 atom stereocenters. The van der Waals surface area contributed by atoms with Crippen molar-refractivity contribution in [1.29, 1.82) is 0 Å². The first-order valence-electron chi connectivity index (χ1n) is 8.46. The lowest BCUT2D eigenvalue weighted by Gasteiger charge is -2.11. The predicted molar refractivity (Wildman–Crippen MR) is 109 cm³/mol. The Labute approximate surface area is 179 Å². The van der Waals surface area contributed by atoms with Crippen LogP contribution in [-0.2, 0) is 27.8 Å². The molecule has 3 rings (SSSR count). The second-order valence-electron chi connectivity index (χ2n) is 6.07. The van der Waals surface area contributed by atoms with Crippen LogP contribution in [-0.4, -0.2) is 30.5 Å². The Hall–Kier alpha value is -2.21. The summed E-state index contributed by atoms with van der Waals surface area (Å²) in [6, 6.07) is 9.22. The van der Waals surface area contributed by atoms with Crippen LogP contribution < -0.4 is 4.72 Å². The molecule has 0 amide bonds. The van der Waals surface area contributed by atoms with E-state index in [1.54, 1.807) is 18.3 Å². The van der Waals surface area contributed by atoms with Crippen LogP contribution in [0.4, 0.5) is 18.9 Å². The fraction of sp³-hybridized carbons (Fsp3) is 0.222. The van der Waals surface area contributed by atoms with Gasteiger partial charge in [-0.15, -0.1) is 11.3 Å². The number of nitrogens with one attached hydrogen (secondary N) is 1. The van der Waals surface area contributed by atoms with Crippen LogP contribution in [0.2, 0.25) is 5.15 Å². The van der Waals surface area contributed by atoms with Crippen LogP contribution in [0.1, 0.15) is 11.3 Å². The van der Waals surface area contributed by atoms with Gasteiger partial charge in [0, 0.05) is 22.8 Å². The van der Waals surface area contributed by atoms with Crippen LogP contribution in [0, 0.1) is 0 Å². The first kappa shape index (κ1) is 22.5. The molecule has 2 heterocycles. The van der Waals surface area contributed by atoms with Gasteiger partial charge in [0.15, 0.2) is 0 Å². The fourth-order valence-electron chi connectivity index (χ4n) is 2.38. The highest BCUT2D eigenvalue weighted by Gasteiger charge is 2.46. The lowest BCUT2D eigenvalue weighted by molar-refractivity contribution is -0.0429. The molecule has 2 aromatic heterocycles. The molecular formula is C18H15ClF3N3O3S2. The molecule has 1 aromatic carbocycles. The van der Waals surface area contributed by atoms with E-state index in [1.165, 1.54) is 34.3 Å². The third-order valence-corrected chi connectivity index (χ3v) is 6.07. The number of pyridine rings is 1. The first-order valence-corrected chi connectivity index (χ1v) is 11.2. The molecule has 0 aliphatic rings. The van der Waals surface area contributed by atoms with E-state index in [1.807, 2.05) is 11.4 Å². The minimum absolute atomic E-state index is 0.162. The number of rotatable bonds is 8. The molecule has 0 aliphatic heterocycles. The van der Waals surface area contributed by atoms with Crippen molar-refractivity contribution in [1.82, 2.24) is 9.97 Å². The summed E-state index contributed by atoms with van der Waals surface area (Å²) < 4.78 is 66.9. The van der Waals surface area contributed by atoms with Gasteiger partial charge in [0.2, 0.25) is 0 Å². The molecule has 1 N–H and O–H groups in total. The average molecular weight is 478 g/mol. The first-order chi connectivity index (χ1) is 14.1. The third kappa shape index (κ3) is 5.91. The van der Waals surface area contributed by atoms with Gasteiger partial charge in [-0.1, -0.05) is 23.7 Å². The van der Waals surface area contributed by atoms with Crippen molar-refractivity contribution >= 4 is 38.6 Å². The summed E-state index contributed by atoms with van der Waals surface area (Å²) in [7, 11) is -5.45. The largest absolute Gasteiger partial charge is 0.516 e. The van der Waals surface area contributed by atoms with Crippen LogP contribution in [0.5, 0.6) is 0 Å². The molecular weight excluding hydrogens is 463 g/mol. The Morgan fingerprint density at radius 1 is 1.20 bits per heavy atom. The van der Waals surface area contributed by atoms with Gasteiger partial charge in [-0.2, -0.15) is 21.6 Å². The van der Waals surface area contributed by atoms with Crippen LogP contribution in [0.15, 0.2) is 48.0 Å². The van der Waals surface area contributed by atoms with Gasteiger partial charge in [-0.05, 0) is 36.2 Å². The van der Waals surface area contributed by atoms with Crippen molar-refractivity contribution in [3.63, 3.8) is 0 Å². The summed E-state index contributed by atoms with van der Waals surface area (Å²) in [6.45, 7) is 0.544. The zero-order valence-electron chi connectivity index (χ0n) is 15.2. The van der Waals surface area contributed by atoms with E-state index < -0.39 is 15.5 Å². The van der Waals surface area contributed by atoms with Gasteiger partial charge in [-0.25, -0.2) is 9.97 Å². The normalized spacial score (nSPS) is 12.1. The Kier molecular flexibility index (Phi) is 6.96. The number of alkyl halides is 3. The van der Waals surface area contributed by atoms with Crippen molar-refractivity contribution in [2.45, 2.75) is 18.5 Å². The van der Waals surface area contributed by atoms with Gasteiger partial charge < -0.3 is 4.74 Å². The zero-order valence-corrected chi connectivity index (χ0v) is 17.6. The Morgan fingerprint density at radius 2 is 2.00 bits per heavy atom. The van der Waals surface area contributed by atoms with E-state index in [2.05, 4.69) is 9.97 Å². The van der Waals surface area contributed by atoms with Crippen LogP contribution in [0.3, 0.4) is 0 Å². The molecule has 160 valence electrons. The Balaban J connectivity index is 1.51. The van der Waals surface area contributed by atoms with Crippen LogP contribution >= 0.6 is 22.9 Å². The number of nitrogens with zero attached hydrogens (tertiary/aromatic N) is 2. The summed E-state index contributed by atoms with van der Waals surface area (Å²) in [5, 5.41) is 3.03. The van der Waals surface area contributed by atoms with E-state index in [4.69, 9.17) is 16.3 Å². The summed E-state index contributed by atoms with van der Waals surface area (Å²) >= 11 is 7.21. The number of hydrogen-bond donors (Lipinski definition) is 1. The number of aromatic nitrogens is 2. The molecule has 30 heavy (non-hydrogen) atoms. The molecule has 12 heteroatoms. The minimum atomic E-state index is -5.45. The molecule has 0 aliphatic carbocycles. The molecule has 0 radical (unpaired) electrons. The van der Waals surface area contributed by atoms with Gasteiger partial charge in [-0.3, -0.25) is 4.72 Å². The quantitative estimate of drug-likeness (QED) is 0.369. The van der Waals surface area contributed by atoms with Gasteiger partial charge in [0.1, 0.15) is 10.2 Å². The molecule has 0 spiro atoms. The second kappa shape index (κ2) is 9.29. The van der Waals surface area contributed by atoms with Crippen LogP contribution in [0.25, 0.3) is 10.6 Å². The number of hydrogen-bond acceptors (Lipinski definition) is 6. The van der Waals surface area contributed by atoms with Crippen molar-refractivity contribution < 1.29 is 26.3 Å². The lowest BCUT2D eigenvalue weighted by Crippen LogP contribution is -2.29. The maximum Gasteiger partial charge on any atom is 0.516 e. The van der Waals surface area contributed by atoms with Gasteiger partial charge in [0.25, 0.3) is 0 Å². The summed E-state index contributed by atoms with van der Waals surface area (Å²) in [5.41, 5.74) is -3.33. The molecule has 0 bridgehead atoms. The van der Waals surface area contributed by atoms with Gasteiger partial charge in [0.05, 0.1) is 18.9 Å². The van der Waals surface area contributed by atoms with Gasteiger partial charge >= 0.3 is 15.5 Å². The summed E-state index contributed by atoms with van der Waals surface area (Å²) in [4.78, 5) is 8.47. The van der Waals surface area contributed by atoms with Crippen molar-refractivity contribution in [2.75, 3.05) is 11.3 Å². The Bertz CT molecular complexity index is 1100. The van der Waals surface area contributed by atoms with E-state index >= 15 is 0 Å². The van der Waals surface area contributed by atoms with Crippen molar-refractivity contribution in [3.05, 3.63) is 64.4 Å². The highest BCUT2D eigenvalue weighted by molar-refractivity contribution is 7.93. The second-order valence-corrected chi connectivity index (χ2v) is 8.99. The smallest absolute Gasteiger partial charge is 0.375 e. The minimum Gasteiger partial charge on any atom is -0.375 e. The zero-order chi connectivity index (χ0) is 21.8. The monoisotopic (exact) mass is 477 g/mol. The molecule has 0 unspecified atom stereocenters. The van der Waals surface area contributed by atoms with E-state index in [9.17, 15) is 21.6 Å². The SMILES string of the molecule is O=S(=O)(Nc1cccc(CCOCc2csc(-c3ccc(Cl)nc3)n2)c1)C(F)(F)F.